The number of nitrogens with zero attached hydrogens (tertiary/aromatic N) is 2. The van der Waals surface area contributed by atoms with E-state index in [2.05, 4.69) is 20.5 Å². The number of nitrogens with one attached hydrogen (secondary N) is 2. The highest BCUT2D eigenvalue weighted by Gasteiger charge is 2.16. The number of aromatic nitrogens is 3. The molecule has 0 fully saturated rings. The fourth-order valence-electron chi connectivity index (χ4n) is 1.58. The number of benzene rings is 1. The predicted molar refractivity (Wildman–Crippen MR) is 76.7 cm³/mol. The smallest absolute Gasteiger partial charge is 0.295 e. The van der Waals surface area contributed by atoms with Crippen molar-refractivity contribution in [1.29, 1.82) is 0 Å². The van der Waals surface area contributed by atoms with Gasteiger partial charge in [0.2, 0.25) is 5.82 Å². The molecule has 0 atom stereocenters. The average Bonchev–Trinajstić information content (AvgIpc) is 2.90. The zero-order valence-corrected chi connectivity index (χ0v) is 12.2. The fourth-order valence-corrected chi connectivity index (χ4v) is 2.18. The van der Waals surface area contributed by atoms with Gasteiger partial charge in [-0.15, -0.1) is 5.10 Å². The molecule has 2 rings (SSSR count). The van der Waals surface area contributed by atoms with E-state index in [4.69, 9.17) is 0 Å². The molecule has 1 amide bonds. The standard InChI is InChI=1S/C13H14F2N4OS/c1-7(2)10-17-11(19-18-10)12(20)16-8-5-3-4-6-9(8)21-13(14)15/h3-7,13H,1-2H3,(H,16,20)(H,17,18,19). The van der Waals surface area contributed by atoms with E-state index in [0.717, 1.165) is 0 Å². The van der Waals surface area contributed by atoms with Crippen molar-refractivity contribution < 1.29 is 13.6 Å². The lowest BCUT2D eigenvalue weighted by atomic mass is 10.2. The van der Waals surface area contributed by atoms with Gasteiger partial charge in [0.1, 0.15) is 5.82 Å². The quantitative estimate of drug-likeness (QED) is 0.829. The maximum absolute atomic E-state index is 12.5. The van der Waals surface area contributed by atoms with Gasteiger partial charge >= 0.3 is 0 Å². The lowest BCUT2D eigenvalue weighted by Crippen LogP contribution is -2.14. The molecule has 0 radical (unpaired) electrons. The Bertz CT molecular complexity index is 630. The van der Waals surface area contributed by atoms with Crippen molar-refractivity contribution >= 4 is 23.4 Å². The minimum Gasteiger partial charge on any atom is -0.318 e. The highest BCUT2D eigenvalue weighted by atomic mass is 32.2. The van der Waals surface area contributed by atoms with Crippen molar-refractivity contribution in [2.45, 2.75) is 30.4 Å². The normalized spacial score (nSPS) is 11.1. The summed E-state index contributed by atoms with van der Waals surface area (Å²) in [5.74, 6) is -2.41. The van der Waals surface area contributed by atoms with Gasteiger partial charge in [0, 0.05) is 10.8 Å². The first kappa shape index (κ1) is 15.4. The summed E-state index contributed by atoms with van der Waals surface area (Å²) in [6.07, 6.45) is 0. The number of hydrogen-bond acceptors (Lipinski definition) is 4. The van der Waals surface area contributed by atoms with Crippen LogP contribution < -0.4 is 5.32 Å². The predicted octanol–water partition coefficient (Wildman–Crippen LogP) is 3.50. The number of carbonyl (C=O) groups excluding carboxylic acids is 1. The van der Waals surface area contributed by atoms with Crippen LogP contribution in [0.1, 0.15) is 36.2 Å². The van der Waals surface area contributed by atoms with Crippen LogP contribution in [0, 0.1) is 0 Å². The third kappa shape index (κ3) is 4.01. The maximum Gasteiger partial charge on any atom is 0.295 e. The van der Waals surface area contributed by atoms with Gasteiger partial charge in [-0.2, -0.15) is 8.78 Å². The van der Waals surface area contributed by atoms with Gasteiger partial charge in [0.15, 0.2) is 0 Å². The third-order valence-corrected chi connectivity index (χ3v) is 3.39. The van der Waals surface area contributed by atoms with Crippen molar-refractivity contribution in [3.63, 3.8) is 0 Å². The van der Waals surface area contributed by atoms with Gasteiger partial charge in [-0.05, 0) is 12.1 Å². The molecule has 1 aromatic carbocycles. The molecule has 0 unspecified atom stereocenters. The van der Waals surface area contributed by atoms with Crippen molar-refractivity contribution in [2.75, 3.05) is 5.32 Å². The Labute approximate surface area is 124 Å². The van der Waals surface area contributed by atoms with Gasteiger partial charge < -0.3 is 5.32 Å². The van der Waals surface area contributed by atoms with E-state index in [-0.39, 0.29) is 11.7 Å². The van der Waals surface area contributed by atoms with Crippen LogP contribution in [-0.2, 0) is 0 Å². The average molecular weight is 312 g/mol. The first-order valence-corrected chi connectivity index (χ1v) is 7.13. The molecule has 2 aromatic rings. The van der Waals surface area contributed by atoms with E-state index in [1.54, 1.807) is 18.2 Å². The van der Waals surface area contributed by atoms with E-state index in [1.165, 1.54) is 6.07 Å². The van der Waals surface area contributed by atoms with Gasteiger partial charge in [-0.3, -0.25) is 9.89 Å². The minimum atomic E-state index is -2.56. The second-order valence-corrected chi connectivity index (χ2v) is 5.56. The number of rotatable bonds is 5. The van der Waals surface area contributed by atoms with Crippen LogP contribution in [0.3, 0.4) is 0 Å². The first-order valence-electron chi connectivity index (χ1n) is 6.25. The number of amides is 1. The summed E-state index contributed by atoms with van der Waals surface area (Å²) < 4.78 is 24.9. The number of para-hydroxylation sites is 1. The van der Waals surface area contributed by atoms with Crippen LogP contribution in [0.15, 0.2) is 29.2 Å². The fraction of sp³-hybridized carbons (Fsp3) is 0.308. The van der Waals surface area contributed by atoms with Crippen LogP contribution in [0.2, 0.25) is 0 Å². The first-order chi connectivity index (χ1) is 9.97. The number of aromatic amines is 1. The summed E-state index contributed by atoms with van der Waals surface area (Å²) in [6.45, 7) is 3.83. The third-order valence-electron chi connectivity index (χ3n) is 2.60. The van der Waals surface area contributed by atoms with E-state index < -0.39 is 11.7 Å². The van der Waals surface area contributed by atoms with Gasteiger partial charge in [-0.25, -0.2) is 4.98 Å². The molecule has 0 saturated heterocycles. The van der Waals surface area contributed by atoms with Crippen LogP contribution in [0.25, 0.3) is 0 Å². The highest BCUT2D eigenvalue weighted by Crippen LogP contribution is 2.31. The topological polar surface area (TPSA) is 70.7 Å². The Hall–Kier alpha value is -1.96. The lowest BCUT2D eigenvalue weighted by molar-refractivity contribution is 0.101. The number of thioether (sulfide) groups is 1. The Morgan fingerprint density at radius 1 is 1.33 bits per heavy atom. The Morgan fingerprint density at radius 3 is 2.67 bits per heavy atom. The maximum atomic E-state index is 12.5. The lowest BCUT2D eigenvalue weighted by Gasteiger charge is -2.08. The van der Waals surface area contributed by atoms with Crippen molar-refractivity contribution in [3.8, 4) is 0 Å². The van der Waals surface area contributed by atoms with E-state index in [0.29, 0.717) is 28.2 Å². The van der Waals surface area contributed by atoms with Crippen molar-refractivity contribution in [3.05, 3.63) is 35.9 Å². The summed E-state index contributed by atoms with van der Waals surface area (Å²) in [4.78, 5) is 16.4. The number of carbonyl (C=O) groups is 1. The Balaban J connectivity index is 2.15. The molecule has 0 aliphatic heterocycles. The molecule has 8 heteroatoms. The van der Waals surface area contributed by atoms with Gasteiger partial charge in [-0.1, -0.05) is 37.7 Å². The van der Waals surface area contributed by atoms with E-state index in [1.807, 2.05) is 13.8 Å². The summed E-state index contributed by atoms with van der Waals surface area (Å²) in [5, 5.41) is 9.04. The SMILES string of the molecule is CC(C)c1nc(C(=O)Nc2ccccc2SC(F)F)n[nH]1. The molecule has 112 valence electrons. The molecule has 0 aliphatic carbocycles. The molecule has 2 N–H and O–H groups in total. The molecule has 0 bridgehead atoms. The van der Waals surface area contributed by atoms with Crippen LogP contribution >= 0.6 is 11.8 Å². The monoisotopic (exact) mass is 312 g/mol. The number of halogens is 2. The summed E-state index contributed by atoms with van der Waals surface area (Å²) >= 11 is 0.376. The highest BCUT2D eigenvalue weighted by molar-refractivity contribution is 7.99. The second-order valence-electron chi connectivity index (χ2n) is 4.53. The van der Waals surface area contributed by atoms with Crippen LogP contribution in [-0.4, -0.2) is 26.8 Å². The molecule has 21 heavy (non-hydrogen) atoms. The molecule has 0 saturated carbocycles. The van der Waals surface area contributed by atoms with Crippen molar-refractivity contribution in [1.82, 2.24) is 15.2 Å². The number of H-pyrrole nitrogens is 1. The number of anilines is 1. The molecule has 1 heterocycles. The number of hydrogen-bond donors (Lipinski definition) is 2. The zero-order chi connectivity index (χ0) is 15.4. The molecule has 1 aromatic heterocycles. The molecule has 5 nitrogen and oxygen atoms in total. The Kier molecular flexibility index (Phi) is 4.89. The molecule has 0 spiro atoms. The van der Waals surface area contributed by atoms with E-state index >= 15 is 0 Å². The number of alkyl halides is 2. The van der Waals surface area contributed by atoms with Crippen molar-refractivity contribution in [2.24, 2.45) is 0 Å². The minimum absolute atomic E-state index is 0.0180. The Morgan fingerprint density at radius 2 is 2.05 bits per heavy atom. The summed E-state index contributed by atoms with van der Waals surface area (Å²) in [7, 11) is 0. The molecular formula is C13H14F2N4OS. The largest absolute Gasteiger partial charge is 0.318 e. The second kappa shape index (κ2) is 6.66. The summed E-state index contributed by atoms with van der Waals surface area (Å²) in [5.41, 5.74) is 0.309. The molecular weight excluding hydrogens is 298 g/mol. The zero-order valence-electron chi connectivity index (χ0n) is 11.4. The van der Waals surface area contributed by atoms with Gasteiger partial charge in [0.05, 0.1) is 5.69 Å². The van der Waals surface area contributed by atoms with Crippen LogP contribution in [0.4, 0.5) is 14.5 Å². The molecule has 0 aliphatic rings. The van der Waals surface area contributed by atoms with Crippen LogP contribution in [0.5, 0.6) is 0 Å². The van der Waals surface area contributed by atoms with E-state index in [9.17, 15) is 13.6 Å². The summed E-state index contributed by atoms with van der Waals surface area (Å²) in [6, 6.07) is 6.36. The van der Waals surface area contributed by atoms with Gasteiger partial charge in [0.25, 0.3) is 11.7 Å².